The maximum absolute atomic E-state index is 5.98. The van der Waals surface area contributed by atoms with Gasteiger partial charge in [0.1, 0.15) is 0 Å². The molecule has 0 saturated heterocycles. The average Bonchev–Trinajstić information content (AvgIpc) is 2.08. The van der Waals surface area contributed by atoms with Crippen molar-refractivity contribution in [3.05, 3.63) is 46.0 Å². The fraction of sp³-hybridized carbons (Fsp3) is 0.200. The van der Waals surface area contributed by atoms with Crippen LogP contribution in [0.15, 0.2) is 30.4 Å². The molecule has 13 heavy (non-hydrogen) atoms. The highest BCUT2D eigenvalue weighted by molar-refractivity contribution is 6.42. The molecule has 2 N–H and O–H groups in total. The van der Waals surface area contributed by atoms with Crippen LogP contribution in [0, 0.1) is 0 Å². The van der Waals surface area contributed by atoms with Crippen LogP contribution in [0.4, 0.5) is 0 Å². The molecular weight excluding hydrogens is 205 g/mol. The van der Waals surface area contributed by atoms with Crippen molar-refractivity contribution in [2.75, 3.05) is 0 Å². The lowest BCUT2D eigenvalue weighted by Gasteiger charge is -2.13. The van der Waals surface area contributed by atoms with Crippen LogP contribution < -0.4 is 5.73 Å². The Morgan fingerprint density at radius 1 is 1.46 bits per heavy atom. The van der Waals surface area contributed by atoms with Gasteiger partial charge in [0, 0.05) is 0 Å². The second-order valence-electron chi connectivity index (χ2n) is 2.97. The minimum atomic E-state index is -0.244. The summed E-state index contributed by atoms with van der Waals surface area (Å²) in [5, 5.41) is 1.04. The highest BCUT2D eigenvalue weighted by atomic mass is 35.5. The van der Waals surface area contributed by atoms with Gasteiger partial charge in [0.2, 0.25) is 0 Å². The van der Waals surface area contributed by atoms with Crippen molar-refractivity contribution in [3.8, 4) is 0 Å². The third-order valence-corrected chi connectivity index (χ3v) is 2.68. The molecule has 1 unspecified atom stereocenters. The number of hydrogen-bond acceptors (Lipinski definition) is 1. The fourth-order valence-corrected chi connectivity index (χ4v) is 1.45. The van der Waals surface area contributed by atoms with E-state index in [-0.39, 0.29) is 6.04 Å². The van der Waals surface area contributed by atoms with Crippen molar-refractivity contribution in [1.82, 2.24) is 0 Å². The summed E-state index contributed by atoms with van der Waals surface area (Å²) in [6.45, 7) is 5.64. The van der Waals surface area contributed by atoms with Crippen LogP contribution >= 0.6 is 23.2 Å². The monoisotopic (exact) mass is 215 g/mol. The van der Waals surface area contributed by atoms with Gasteiger partial charge in [-0.3, -0.25) is 0 Å². The van der Waals surface area contributed by atoms with Gasteiger partial charge in [0.15, 0.2) is 0 Å². The summed E-state index contributed by atoms with van der Waals surface area (Å²) >= 11 is 11.8. The zero-order chi connectivity index (χ0) is 10.0. The molecule has 0 aliphatic rings. The topological polar surface area (TPSA) is 26.0 Å². The highest BCUT2D eigenvalue weighted by Gasteiger charge is 2.11. The average molecular weight is 216 g/mol. The van der Waals surface area contributed by atoms with E-state index in [0.717, 1.165) is 11.1 Å². The lowest BCUT2D eigenvalue weighted by atomic mass is 10.0. The SMILES string of the molecule is C=C(C)C(N)c1cccc(Cl)c1Cl. The van der Waals surface area contributed by atoms with E-state index in [1.54, 1.807) is 6.07 Å². The third-order valence-electron chi connectivity index (χ3n) is 1.85. The quantitative estimate of drug-likeness (QED) is 0.751. The normalized spacial score (nSPS) is 12.6. The molecule has 0 aliphatic heterocycles. The Labute approximate surface area is 88.1 Å². The molecule has 70 valence electrons. The smallest absolute Gasteiger partial charge is 0.0643 e. The Kier molecular flexibility index (Phi) is 3.37. The Morgan fingerprint density at radius 2 is 2.08 bits per heavy atom. The Bertz CT molecular complexity index is 334. The summed E-state index contributed by atoms with van der Waals surface area (Å²) in [6, 6.07) is 5.17. The first-order chi connectivity index (χ1) is 6.04. The minimum absolute atomic E-state index is 0.244. The summed E-state index contributed by atoms with van der Waals surface area (Å²) in [6.07, 6.45) is 0. The van der Waals surface area contributed by atoms with Gasteiger partial charge in [-0.05, 0) is 18.6 Å². The zero-order valence-corrected chi connectivity index (χ0v) is 8.86. The van der Waals surface area contributed by atoms with E-state index in [2.05, 4.69) is 6.58 Å². The summed E-state index contributed by atoms with van der Waals surface area (Å²) in [7, 11) is 0. The molecule has 1 atom stereocenters. The predicted molar refractivity (Wildman–Crippen MR) is 58.2 cm³/mol. The van der Waals surface area contributed by atoms with Gasteiger partial charge >= 0.3 is 0 Å². The van der Waals surface area contributed by atoms with Gasteiger partial charge in [-0.1, -0.05) is 47.5 Å². The largest absolute Gasteiger partial charge is 0.321 e. The van der Waals surface area contributed by atoms with Gasteiger partial charge < -0.3 is 5.73 Å². The van der Waals surface area contributed by atoms with Crippen molar-refractivity contribution in [2.24, 2.45) is 5.73 Å². The number of benzene rings is 1. The van der Waals surface area contributed by atoms with Gasteiger partial charge in [-0.15, -0.1) is 0 Å². The molecular formula is C10H11Cl2N. The van der Waals surface area contributed by atoms with Crippen LogP contribution in [0.5, 0.6) is 0 Å². The summed E-state index contributed by atoms with van der Waals surface area (Å²) in [5.74, 6) is 0. The van der Waals surface area contributed by atoms with Gasteiger partial charge in [0.25, 0.3) is 0 Å². The fourth-order valence-electron chi connectivity index (χ4n) is 1.03. The van der Waals surface area contributed by atoms with E-state index in [1.165, 1.54) is 0 Å². The van der Waals surface area contributed by atoms with E-state index < -0.39 is 0 Å². The molecule has 1 aromatic rings. The second-order valence-corrected chi connectivity index (χ2v) is 3.75. The van der Waals surface area contributed by atoms with E-state index >= 15 is 0 Å². The molecule has 0 fully saturated rings. The zero-order valence-electron chi connectivity index (χ0n) is 7.35. The van der Waals surface area contributed by atoms with Crippen molar-refractivity contribution < 1.29 is 0 Å². The number of halogens is 2. The Morgan fingerprint density at radius 3 is 2.62 bits per heavy atom. The van der Waals surface area contributed by atoms with Crippen molar-refractivity contribution in [2.45, 2.75) is 13.0 Å². The standard InChI is InChI=1S/C10H11Cl2N/c1-6(2)10(13)7-4-3-5-8(11)9(7)12/h3-5,10H,1,13H2,2H3. The first-order valence-corrected chi connectivity index (χ1v) is 4.64. The van der Waals surface area contributed by atoms with Crippen LogP contribution in [-0.4, -0.2) is 0 Å². The summed E-state index contributed by atoms with van der Waals surface area (Å²) < 4.78 is 0. The predicted octanol–water partition coefficient (Wildman–Crippen LogP) is 3.57. The Balaban J connectivity index is 3.15. The van der Waals surface area contributed by atoms with Crippen LogP contribution in [0.2, 0.25) is 10.0 Å². The molecule has 0 amide bonds. The molecule has 1 rings (SSSR count). The van der Waals surface area contributed by atoms with E-state index in [4.69, 9.17) is 28.9 Å². The lowest BCUT2D eigenvalue weighted by Crippen LogP contribution is -2.11. The molecule has 0 spiro atoms. The van der Waals surface area contributed by atoms with Crippen LogP contribution in [0.1, 0.15) is 18.5 Å². The van der Waals surface area contributed by atoms with Crippen LogP contribution in [0.25, 0.3) is 0 Å². The van der Waals surface area contributed by atoms with Crippen LogP contribution in [0.3, 0.4) is 0 Å². The Hall–Kier alpha value is -0.500. The molecule has 0 heterocycles. The van der Waals surface area contributed by atoms with Gasteiger partial charge in [-0.2, -0.15) is 0 Å². The number of nitrogens with two attached hydrogens (primary N) is 1. The van der Waals surface area contributed by atoms with Crippen LogP contribution in [-0.2, 0) is 0 Å². The maximum atomic E-state index is 5.98. The molecule has 0 aromatic heterocycles. The van der Waals surface area contributed by atoms with Gasteiger partial charge in [-0.25, -0.2) is 0 Å². The summed E-state index contributed by atoms with van der Waals surface area (Å²) in [4.78, 5) is 0. The summed E-state index contributed by atoms with van der Waals surface area (Å²) in [5.41, 5.74) is 7.55. The van der Waals surface area contributed by atoms with Crippen molar-refractivity contribution >= 4 is 23.2 Å². The maximum Gasteiger partial charge on any atom is 0.0643 e. The van der Waals surface area contributed by atoms with Crippen molar-refractivity contribution in [3.63, 3.8) is 0 Å². The lowest BCUT2D eigenvalue weighted by molar-refractivity contribution is 0.851. The molecule has 1 aromatic carbocycles. The third kappa shape index (κ3) is 2.25. The molecule has 0 saturated carbocycles. The number of hydrogen-bond donors (Lipinski definition) is 1. The second kappa shape index (κ2) is 4.14. The molecule has 0 radical (unpaired) electrons. The molecule has 0 aliphatic carbocycles. The molecule has 1 nitrogen and oxygen atoms in total. The minimum Gasteiger partial charge on any atom is -0.321 e. The molecule has 0 bridgehead atoms. The first-order valence-electron chi connectivity index (χ1n) is 3.89. The first kappa shape index (κ1) is 10.6. The van der Waals surface area contributed by atoms with E-state index in [0.29, 0.717) is 10.0 Å². The highest BCUT2D eigenvalue weighted by Crippen LogP contribution is 2.31. The molecule has 3 heteroatoms. The van der Waals surface area contributed by atoms with E-state index in [1.807, 2.05) is 19.1 Å². The van der Waals surface area contributed by atoms with E-state index in [9.17, 15) is 0 Å². The number of rotatable bonds is 2. The van der Waals surface area contributed by atoms with Crippen molar-refractivity contribution in [1.29, 1.82) is 0 Å². The van der Waals surface area contributed by atoms with Gasteiger partial charge in [0.05, 0.1) is 16.1 Å².